The Morgan fingerprint density at radius 2 is 1.71 bits per heavy atom. The maximum atomic E-state index is 13.6. The summed E-state index contributed by atoms with van der Waals surface area (Å²) in [5.41, 5.74) is 1.79. The quantitative estimate of drug-likeness (QED) is 0.204. The van der Waals surface area contributed by atoms with Crippen LogP contribution in [0.2, 0.25) is 10.0 Å². The molecule has 0 saturated carbocycles. The summed E-state index contributed by atoms with van der Waals surface area (Å²) in [5.74, 6) is 0.547. The second-order valence-electron chi connectivity index (χ2n) is 8.99. The Morgan fingerprint density at radius 1 is 0.951 bits per heavy atom. The number of hydrogen-bond donors (Lipinski definition) is 1. The summed E-state index contributed by atoms with van der Waals surface area (Å²) in [6, 6.07) is 27.9. The second kappa shape index (κ2) is 11.3. The number of furan rings is 1. The van der Waals surface area contributed by atoms with Crippen LogP contribution < -0.4 is 15.6 Å². The zero-order valence-corrected chi connectivity index (χ0v) is 22.8. The lowest BCUT2D eigenvalue weighted by molar-refractivity contribution is -0.118. The molecule has 0 atom stereocenters. The van der Waals surface area contributed by atoms with Crippen molar-refractivity contribution in [2.75, 3.05) is 11.9 Å². The Hall–Kier alpha value is -4.92. The van der Waals surface area contributed by atoms with Crippen LogP contribution in [0.25, 0.3) is 33.5 Å². The fourth-order valence-corrected chi connectivity index (χ4v) is 4.61. The standard InChI is InChI=1S/C31H20Cl2N4O4/c32-21-11-13-27-19(14-21)16-28(41-27)30-36-25-9-5-4-8-24(25)31(39)37(30)34-17-20-15-22(33)10-12-26(20)40-18-29(38)35-23-6-2-1-3-7-23/h1-17H,18H2,(H,35,38). The Kier molecular flexibility index (Phi) is 7.24. The van der Waals surface area contributed by atoms with Gasteiger partial charge in [-0.2, -0.15) is 9.78 Å². The summed E-state index contributed by atoms with van der Waals surface area (Å²) < 4.78 is 13.0. The molecule has 0 aliphatic rings. The number of para-hydroxylation sites is 2. The molecule has 0 aliphatic carbocycles. The van der Waals surface area contributed by atoms with E-state index >= 15 is 0 Å². The number of fused-ring (bicyclic) bond motifs is 2. The van der Waals surface area contributed by atoms with Gasteiger partial charge < -0.3 is 14.5 Å². The van der Waals surface area contributed by atoms with Crippen LogP contribution in [-0.4, -0.2) is 28.4 Å². The van der Waals surface area contributed by atoms with Gasteiger partial charge >= 0.3 is 0 Å². The number of benzene rings is 4. The first-order chi connectivity index (χ1) is 19.9. The largest absolute Gasteiger partial charge is 0.483 e. The number of nitrogens with one attached hydrogen (secondary N) is 1. The van der Waals surface area contributed by atoms with Crippen molar-refractivity contribution in [3.63, 3.8) is 0 Å². The van der Waals surface area contributed by atoms with Gasteiger partial charge in [0.25, 0.3) is 11.5 Å². The molecule has 6 rings (SSSR count). The van der Waals surface area contributed by atoms with Crippen LogP contribution in [0.5, 0.6) is 5.75 Å². The van der Waals surface area contributed by atoms with Crippen molar-refractivity contribution in [2.24, 2.45) is 5.10 Å². The van der Waals surface area contributed by atoms with Crippen molar-refractivity contribution in [2.45, 2.75) is 0 Å². The lowest BCUT2D eigenvalue weighted by Gasteiger charge is -2.11. The Morgan fingerprint density at radius 3 is 2.56 bits per heavy atom. The van der Waals surface area contributed by atoms with Crippen LogP contribution in [0.4, 0.5) is 5.69 Å². The van der Waals surface area contributed by atoms with Gasteiger partial charge in [0, 0.05) is 26.7 Å². The minimum atomic E-state index is -0.396. The molecule has 0 radical (unpaired) electrons. The molecule has 0 spiro atoms. The molecule has 2 heterocycles. The van der Waals surface area contributed by atoms with Crippen molar-refractivity contribution < 1.29 is 13.9 Å². The lowest BCUT2D eigenvalue weighted by Crippen LogP contribution is -2.21. The molecule has 6 aromatic rings. The SMILES string of the molecule is O=C(COc1ccc(Cl)cc1C=Nn1c(-c2cc3cc(Cl)ccc3o2)nc2ccccc2c1=O)Nc1ccccc1. The van der Waals surface area contributed by atoms with Gasteiger partial charge in [-0.25, -0.2) is 4.98 Å². The first-order valence-electron chi connectivity index (χ1n) is 12.5. The molecule has 1 amide bonds. The summed E-state index contributed by atoms with van der Waals surface area (Å²) in [4.78, 5) is 30.7. The predicted octanol–water partition coefficient (Wildman–Crippen LogP) is 7.02. The van der Waals surface area contributed by atoms with Gasteiger partial charge in [0.2, 0.25) is 5.82 Å². The van der Waals surface area contributed by atoms with E-state index in [9.17, 15) is 9.59 Å². The van der Waals surface area contributed by atoms with Gasteiger partial charge in [-0.3, -0.25) is 9.59 Å². The summed E-state index contributed by atoms with van der Waals surface area (Å²) >= 11 is 12.4. The van der Waals surface area contributed by atoms with E-state index in [1.165, 1.54) is 6.21 Å². The third-order valence-corrected chi connectivity index (χ3v) is 6.62. The summed E-state index contributed by atoms with van der Waals surface area (Å²) in [5, 5.41) is 9.36. The number of rotatable bonds is 7. The average molecular weight is 583 g/mol. The molecule has 0 fully saturated rings. The molecule has 4 aromatic carbocycles. The highest BCUT2D eigenvalue weighted by atomic mass is 35.5. The van der Waals surface area contributed by atoms with E-state index in [-0.39, 0.29) is 18.3 Å². The predicted molar refractivity (Wildman–Crippen MR) is 161 cm³/mol. The van der Waals surface area contributed by atoms with Gasteiger partial charge in [-0.1, -0.05) is 53.5 Å². The Bertz CT molecular complexity index is 2000. The van der Waals surface area contributed by atoms with E-state index in [4.69, 9.17) is 32.4 Å². The summed E-state index contributed by atoms with van der Waals surface area (Å²) in [7, 11) is 0. The summed E-state index contributed by atoms with van der Waals surface area (Å²) in [6.45, 7) is -0.248. The highest BCUT2D eigenvalue weighted by Crippen LogP contribution is 2.29. The molecular formula is C31H20Cl2N4O4. The van der Waals surface area contributed by atoms with Crippen LogP contribution in [0.3, 0.4) is 0 Å². The van der Waals surface area contributed by atoms with Crippen LogP contribution in [0.15, 0.2) is 111 Å². The lowest BCUT2D eigenvalue weighted by atomic mass is 10.2. The fourth-order valence-electron chi connectivity index (χ4n) is 4.25. The van der Waals surface area contributed by atoms with E-state index in [1.54, 1.807) is 78.9 Å². The van der Waals surface area contributed by atoms with E-state index in [0.29, 0.717) is 49.3 Å². The molecule has 0 unspecified atom stereocenters. The number of aromatic nitrogens is 2. The topological polar surface area (TPSA) is 98.7 Å². The number of carbonyl (C=O) groups excluding carboxylic acids is 1. The monoisotopic (exact) mass is 582 g/mol. The van der Waals surface area contributed by atoms with Crippen LogP contribution in [0, 0.1) is 0 Å². The minimum absolute atomic E-state index is 0.198. The number of halogens is 2. The molecule has 8 nitrogen and oxygen atoms in total. The third-order valence-electron chi connectivity index (χ3n) is 6.15. The van der Waals surface area contributed by atoms with Crippen LogP contribution in [0.1, 0.15) is 5.56 Å². The van der Waals surface area contributed by atoms with Crippen LogP contribution in [-0.2, 0) is 4.79 Å². The van der Waals surface area contributed by atoms with Gasteiger partial charge in [-0.15, -0.1) is 0 Å². The van der Waals surface area contributed by atoms with Gasteiger partial charge in [0.15, 0.2) is 12.4 Å². The second-order valence-corrected chi connectivity index (χ2v) is 9.86. The van der Waals surface area contributed by atoms with Gasteiger partial charge in [0.1, 0.15) is 11.3 Å². The Labute approximate surface area is 243 Å². The third kappa shape index (κ3) is 5.70. The number of carbonyl (C=O) groups is 1. The maximum absolute atomic E-state index is 13.6. The molecule has 2 aromatic heterocycles. The van der Waals surface area contributed by atoms with E-state index in [1.807, 2.05) is 18.2 Å². The number of anilines is 1. The van der Waals surface area contributed by atoms with Crippen LogP contribution >= 0.6 is 23.2 Å². The van der Waals surface area contributed by atoms with Crippen molar-refractivity contribution >= 4 is 62.9 Å². The van der Waals surface area contributed by atoms with Crippen molar-refractivity contribution in [3.8, 4) is 17.3 Å². The molecule has 41 heavy (non-hydrogen) atoms. The normalized spacial score (nSPS) is 11.4. The maximum Gasteiger partial charge on any atom is 0.282 e. The molecule has 0 aliphatic heterocycles. The molecule has 0 bridgehead atoms. The zero-order chi connectivity index (χ0) is 28.3. The van der Waals surface area contributed by atoms with Crippen molar-refractivity contribution in [1.29, 1.82) is 0 Å². The molecular weight excluding hydrogens is 563 g/mol. The van der Waals surface area contributed by atoms with Gasteiger partial charge in [0.05, 0.1) is 17.1 Å². The first-order valence-corrected chi connectivity index (χ1v) is 13.2. The number of amides is 1. The fraction of sp³-hybridized carbons (Fsp3) is 0.0323. The molecule has 0 saturated heterocycles. The Balaban J connectivity index is 1.37. The van der Waals surface area contributed by atoms with E-state index in [0.717, 1.165) is 10.1 Å². The highest BCUT2D eigenvalue weighted by molar-refractivity contribution is 6.31. The zero-order valence-electron chi connectivity index (χ0n) is 21.3. The first kappa shape index (κ1) is 26.3. The summed E-state index contributed by atoms with van der Waals surface area (Å²) in [6.07, 6.45) is 1.43. The minimum Gasteiger partial charge on any atom is -0.483 e. The number of nitrogens with zero attached hydrogens (tertiary/aromatic N) is 3. The van der Waals surface area contributed by atoms with Crippen molar-refractivity contribution in [1.82, 2.24) is 9.66 Å². The molecule has 10 heteroatoms. The highest BCUT2D eigenvalue weighted by Gasteiger charge is 2.17. The van der Waals surface area contributed by atoms with E-state index < -0.39 is 5.56 Å². The average Bonchev–Trinajstić information content (AvgIpc) is 3.40. The molecule has 1 N–H and O–H groups in total. The molecule has 202 valence electrons. The number of ether oxygens (including phenoxy) is 1. The van der Waals surface area contributed by atoms with Gasteiger partial charge in [-0.05, 0) is 66.7 Å². The van der Waals surface area contributed by atoms with Crippen molar-refractivity contribution in [3.05, 3.63) is 123 Å². The van der Waals surface area contributed by atoms with E-state index in [2.05, 4.69) is 15.4 Å². The smallest absolute Gasteiger partial charge is 0.282 e. The number of hydrogen-bond acceptors (Lipinski definition) is 6.